The number of hydrogen-bond donors (Lipinski definition) is 0. The van der Waals surface area contributed by atoms with Gasteiger partial charge in [0.05, 0.1) is 6.61 Å². The number of benzene rings is 3. The average molecular weight is 649 g/mol. The maximum atomic E-state index is 13.9. The lowest BCUT2D eigenvalue weighted by atomic mass is 9.85. The summed E-state index contributed by atoms with van der Waals surface area (Å²) in [4.78, 5) is 31.6. The molecule has 1 aliphatic heterocycles. The highest BCUT2D eigenvalue weighted by Crippen LogP contribution is 2.49. The SMILES string of the molecule is CCCOC(C(=O)OCCCCN(C(=O)OC(C)(C)C)C1C2CN(Cc3ccccc3)CC21)(c1ccc(F)cc1)c1ccc(F)cc1. The predicted octanol–water partition coefficient (Wildman–Crippen LogP) is 7.33. The van der Waals surface area contributed by atoms with Gasteiger partial charge in [0.1, 0.15) is 17.2 Å². The first-order chi connectivity index (χ1) is 22.5. The molecule has 2 fully saturated rings. The van der Waals surface area contributed by atoms with Crippen molar-refractivity contribution in [3.63, 3.8) is 0 Å². The van der Waals surface area contributed by atoms with Crippen molar-refractivity contribution >= 4 is 12.1 Å². The van der Waals surface area contributed by atoms with Crippen molar-refractivity contribution in [1.29, 1.82) is 0 Å². The number of piperidine rings is 1. The zero-order valence-corrected chi connectivity index (χ0v) is 27.8. The van der Waals surface area contributed by atoms with Gasteiger partial charge in [0.15, 0.2) is 0 Å². The lowest BCUT2D eigenvalue weighted by Crippen LogP contribution is -2.43. The molecule has 0 bridgehead atoms. The number of carbonyl (C=O) groups is 2. The van der Waals surface area contributed by atoms with E-state index in [2.05, 4.69) is 29.2 Å². The number of hydrogen-bond acceptors (Lipinski definition) is 6. The fourth-order valence-corrected chi connectivity index (χ4v) is 6.60. The van der Waals surface area contributed by atoms with Crippen molar-refractivity contribution < 1.29 is 32.6 Å². The molecule has 0 radical (unpaired) electrons. The van der Waals surface area contributed by atoms with E-state index >= 15 is 0 Å². The molecule has 2 atom stereocenters. The molecular formula is C38H46F2N2O5. The van der Waals surface area contributed by atoms with E-state index in [1.807, 2.05) is 38.7 Å². The molecule has 47 heavy (non-hydrogen) atoms. The lowest BCUT2D eigenvalue weighted by molar-refractivity contribution is -0.169. The molecular weight excluding hydrogens is 602 g/mol. The Morgan fingerprint density at radius 3 is 1.94 bits per heavy atom. The quantitative estimate of drug-likeness (QED) is 0.135. The molecule has 0 spiro atoms. The van der Waals surface area contributed by atoms with Gasteiger partial charge in [0.25, 0.3) is 0 Å². The number of fused-ring (bicyclic) bond motifs is 1. The third-order valence-electron chi connectivity index (χ3n) is 8.80. The molecule has 2 unspecified atom stereocenters. The van der Waals surface area contributed by atoms with Gasteiger partial charge in [-0.15, -0.1) is 0 Å². The van der Waals surface area contributed by atoms with Crippen LogP contribution >= 0.6 is 0 Å². The summed E-state index contributed by atoms with van der Waals surface area (Å²) >= 11 is 0. The number of carbonyl (C=O) groups excluding carboxylic acids is 2. The molecule has 2 aliphatic rings. The van der Waals surface area contributed by atoms with Gasteiger partial charge >= 0.3 is 12.1 Å². The topological polar surface area (TPSA) is 68.3 Å². The molecule has 1 aliphatic carbocycles. The van der Waals surface area contributed by atoms with Gasteiger partial charge in [-0.3, -0.25) is 4.90 Å². The normalized spacial score (nSPS) is 19.2. The fraction of sp³-hybridized carbons (Fsp3) is 0.474. The number of esters is 1. The number of likely N-dealkylation sites (tertiary alicyclic amines) is 1. The Morgan fingerprint density at radius 2 is 1.40 bits per heavy atom. The summed E-state index contributed by atoms with van der Waals surface area (Å²) in [5.74, 6) is -0.755. The third-order valence-corrected chi connectivity index (χ3v) is 8.80. The minimum Gasteiger partial charge on any atom is -0.463 e. The third kappa shape index (κ3) is 8.37. The van der Waals surface area contributed by atoms with Gasteiger partial charge in [-0.2, -0.15) is 0 Å². The van der Waals surface area contributed by atoms with Gasteiger partial charge in [-0.1, -0.05) is 61.5 Å². The second-order valence-electron chi connectivity index (χ2n) is 13.6. The van der Waals surface area contributed by atoms with Crippen LogP contribution in [0.5, 0.6) is 0 Å². The Kier molecular flexibility index (Phi) is 11.0. The molecule has 1 saturated carbocycles. The Labute approximate surface area is 276 Å². The van der Waals surface area contributed by atoms with Crippen molar-refractivity contribution in [3.8, 4) is 0 Å². The molecule has 0 aromatic heterocycles. The first kappa shape index (κ1) is 34.5. The average Bonchev–Trinajstić information content (AvgIpc) is 3.51. The van der Waals surface area contributed by atoms with Crippen LogP contribution in [0.4, 0.5) is 13.6 Å². The van der Waals surface area contributed by atoms with Crippen LogP contribution in [0.1, 0.15) is 63.6 Å². The molecule has 0 N–H and O–H groups in total. The highest BCUT2D eigenvalue weighted by molar-refractivity contribution is 5.86. The van der Waals surface area contributed by atoms with Crippen LogP contribution < -0.4 is 0 Å². The second-order valence-corrected chi connectivity index (χ2v) is 13.6. The predicted molar refractivity (Wildman–Crippen MR) is 175 cm³/mol. The van der Waals surface area contributed by atoms with Crippen molar-refractivity contribution in [3.05, 3.63) is 107 Å². The molecule has 5 rings (SSSR count). The first-order valence-electron chi connectivity index (χ1n) is 16.6. The van der Waals surface area contributed by atoms with Crippen molar-refractivity contribution in [2.75, 3.05) is 32.8 Å². The van der Waals surface area contributed by atoms with Crippen LogP contribution in [-0.4, -0.2) is 66.4 Å². The van der Waals surface area contributed by atoms with Crippen LogP contribution in [-0.2, 0) is 31.2 Å². The summed E-state index contributed by atoms with van der Waals surface area (Å²) in [5.41, 5.74) is -0.247. The van der Waals surface area contributed by atoms with E-state index in [1.54, 1.807) is 0 Å². The van der Waals surface area contributed by atoms with Gasteiger partial charge in [-0.25, -0.2) is 18.4 Å². The van der Waals surface area contributed by atoms with E-state index < -0.39 is 28.8 Å². The van der Waals surface area contributed by atoms with Crippen LogP contribution in [0.25, 0.3) is 0 Å². The number of rotatable bonds is 14. The van der Waals surface area contributed by atoms with E-state index in [0.717, 1.165) is 19.6 Å². The molecule has 3 aromatic carbocycles. The van der Waals surface area contributed by atoms with Gasteiger partial charge in [-0.05, 0) is 92.8 Å². The largest absolute Gasteiger partial charge is 0.463 e. The summed E-state index contributed by atoms with van der Waals surface area (Å²) in [6.45, 7) is 11.1. The number of nitrogens with zero attached hydrogens (tertiary/aromatic N) is 2. The molecule has 252 valence electrons. The molecule has 9 heteroatoms. The van der Waals surface area contributed by atoms with E-state index in [9.17, 15) is 18.4 Å². The number of halogens is 2. The maximum Gasteiger partial charge on any atom is 0.410 e. The standard InChI is InChI=1S/C38H46F2N2O5/c1-5-22-46-38(28-13-17-30(39)18-14-28,29-15-19-31(40)20-16-29)35(43)45-23-10-9-21-42(36(44)47-37(2,3)4)34-32-25-41(26-33(32)34)24-27-11-7-6-8-12-27/h6-8,11-20,32-34H,5,9-10,21-26H2,1-4H3. The van der Waals surface area contributed by atoms with E-state index in [1.165, 1.54) is 54.1 Å². The Bertz CT molecular complexity index is 1420. The van der Waals surface area contributed by atoms with Crippen LogP contribution in [0.15, 0.2) is 78.9 Å². The summed E-state index contributed by atoms with van der Waals surface area (Å²) in [6.07, 6.45) is 1.41. The summed E-state index contributed by atoms with van der Waals surface area (Å²) in [5, 5.41) is 0. The van der Waals surface area contributed by atoms with Crippen LogP contribution in [0.3, 0.4) is 0 Å². The number of unbranched alkanes of at least 4 members (excludes halogenated alkanes) is 1. The zero-order valence-electron chi connectivity index (χ0n) is 27.8. The molecule has 7 nitrogen and oxygen atoms in total. The minimum atomic E-state index is -1.70. The van der Waals surface area contributed by atoms with Crippen molar-refractivity contribution in [1.82, 2.24) is 9.80 Å². The second kappa shape index (κ2) is 14.9. The first-order valence-corrected chi connectivity index (χ1v) is 16.6. The molecule has 1 saturated heterocycles. The van der Waals surface area contributed by atoms with E-state index in [-0.39, 0.29) is 25.3 Å². The van der Waals surface area contributed by atoms with Gasteiger partial charge in [0, 0.05) is 38.8 Å². The van der Waals surface area contributed by atoms with Crippen molar-refractivity contribution in [2.24, 2.45) is 11.8 Å². The van der Waals surface area contributed by atoms with E-state index in [0.29, 0.717) is 48.8 Å². The molecule has 1 amide bonds. The molecule has 3 aromatic rings. The monoisotopic (exact) mass is 648 g/mol. The van der Waals surface area contributed by atoms with Crippen LogP contribution in [0.2, 0.25) is 0 Å². The number of ether oxygens (including phenoxy) is 3. The Balaban J connectivity index is 1.22. The van der Waals surface area contributed by atoms with Gasteiger partial charge in [0.2, 0.25) is 5.60 Å². The Morgan fingerprint density at radius 1 is 0.830 bits per heavy atom. The fourth-order valence-electron chi connectivity index (χ4n) is 6.60. The highest BCUT2D eigenvalue weighted by atomic mass is 19.1. The van der Waals surface area contributed by atoms with Crippen molar-refractivity contribution in [2.45, 2.75) is 70.7 Å². The zero-order chi connectivity index (χ0) is 33.6. The lowest BCUT2D eigenvalue weighted by Gasteiger charge is -2.33. The number of amides is 1. The van der Waals surface area contributed by atoms with Crippen LogP contribution in [0, 0.1) is 23.5 Å². The summed E-state index contributed by atoms with van der Waals surface area (Å²) in [7, 11) is 0. The minimum absolute atomic E-state index is 0.0863. The highest BCUT2D eigenvalue weighted by Gasteiger charge is 2.59. The summed E-state index contributed by atoms with van der Waals surface area (Å²) < 4.78 is 45.6. The van der Waals surface area contributed by atoms with Gasteiger partial charge < -0.3 is 19.1 Å². The summed E-state index contributed by atoms with van der Waals surface area (Å²) in [6, 6.07) is 21.5. The van der Waals surface area contributed by atoms with E-state index in [4.69, 9.17) is 14.2 Å². The smallest absolute Gasteiger partial charge is 0.410 e. The Hall–Kier alpha value is -3.82. The molecule has 1 heterocycles. The maximum absolute atomic E-state index is 13.9.